The number of ether oxygens (including phenoxy) is 1. The minimum atomic E-state index is -0.576. The Balaban J connectivity index is 1.38. The van der Waals surface area contributed by atoms with Crippen molar-refractivity contribution in [3.05, 3.63) is 58.2 Å². The molecule has 9 nitrogen and oxygen atoms in total. The van der Waals surface area contributed by atoms with Crippen LogP contribution in [0.25, 0.3) is 11.1 Å². The molecule has 6 rings (SSSR count). The molecule has 0 aliphatic carbocycles. The number of thiazole rings is 1. The van der Waals surface area contributed by atoms with Crippen molar-refractivity contribution in [2.24, 2.45) is 4.99 Å². The third-order valence-electron chi connectivity index (χ3n) is 7.40. The molecule has 3 amide bonds. The van der Waals surface area contributed by atoms with Gasteiger partial charge in [-0.15, -0.1) is 11.3 Å². The van der Waals surface area contributed by atoms with E-state index >= 15 is 0 Å². The van der Waals surface area contributed by atoms with Gasteiger partial charge >= 0.3 is 12.1 Å². The van der Waals surface area contributed by atoms with E-state index < -0.39 is 5.60 Å². The molecule has 0 saturated carbocycles. The highest BCUT2D eigenvalue weighted by molar-refractivity contribution is 7.13. The first-order chi connectivity index (χ1) is 18.7. The molecule has 202 valence electrons. The predicted octanol–water partition coefficient (Wildman–Crippen LogP) is 6.64. The van der Waals surface area contributed by atoms with E-state index in [-0.39, 0.29) is 24.1 Å². The van der Waals surface area contributed by atoms with Gasteiger partial charge < -0.3 is 14.5 Å². The molecular weight excluding hydrogens is 512 g/mol. The van der Waals surface area contributed by atoms with Crippen LogP contribution in [0.1, 0.15) is 74.8 Å². The second-order valence-corrected chi connectivity index (χ2v) is 12.3. The topological polar surface area (TPSA) is 100 Å². The molecule has 3 aliphatic rings. The van der Waals surface area contributed by atoms with Crippen LogP contribution >= 0.6 is 11.3 Å². The molecule has 2 aromatic heterocycles. The van der Waals surface area contributed by atoms with Crippen LogP contribution in [0.3, 0.4) is 0 Å². The second kappa shape index (κ2) is 9.75. The van der Waals surface area contributed by atoms with Gasteiger partial charge in [0.05, 0.1) is 6.04 Å². The number of amides is 3. The maximum Gasteiger partial charge on any atom is 0.410 e. The van der Waals surface area contributed by atoms with Crippen molar-refractivity contribution in [2.45, 2.75) is 71.2 Å². The number of urea groups is 1. The van der Waals surface area contributed by atoms with E-state index in [4.69, 9.17) is 4.74 Å². The Morgan fingerprint density at radius 3 is 2.69 bits per heavy atom. The SMILES string of the molecule is CC1C=Nc2ncc(-c3cc4c(c([C@@H]5CCCN5C(=O)OC(C)(C)C)c3)CN(C(=O)Nc3nccs3)C4)cc21. The number of aliphatic imine (C=N–C) groups is 1. The van der Waals surface area contributed by atoms with Gasteiger partial charge in [0.25, 0.3) is 0 Å². The molecule has 3 aliphatic heterocycles. The van der Waals surface area contributed by atoms with Gasteiger partial charge in [-0.05, 0) is 74.1 Å². The first-order valence-corrected chi connectivity index (χ1v) is 14.2. The monoisotopic (exact) mass is 544 g/mol. The maximum absolute atomic E-state index is 13.2. The van der Waals surface area contributed by atoms with Crippen LogP contribution in [0.15, 0.2) is 41.0 Å². The number of aromatic nitrogens is 2. The average Bonchev–Trinajstić information content (AvgIpc) is 3.69. The molecule has 0 bridgehead atoms. The summed E-state index contributed by atoms with van der Waals surface area (Å²) in [6, 6.07) is 6.19. The molecule has 1 fully saturated rings. The van der Waals surface area contributed by atoms with Crippen LogP contribution in [-0.4, -0.2) is 50.3 Å². The van der Waals surface area contributed by atoms with Crippen molar-refractivity contribution in [3.8, 4) is 11.1 Å². The molecule has 1 aromatic carbocycles. The summed E-state index contributed by atoms with van der Waals surface area (Å²) in [6.07, 6.45) is 6.89. The molecular formula is C29H32N6O3S. The van der Waals surface area contributed by atoms with Gasteiger partial charge in [-0.3, -0.25) is 5.32 Å². The number of anilines is 1. The van der Waals surface area contributed by atoms with E-state index in [1.165, 1.54) is 11.3 Å². The van der Waals surface area contributed by atoms with Crippen LogP contribution in [0, 0.1) is 0 Å². The van der Waals surface area contributed by atoms with Crippen molar-refractivity contribution in [3.63, 3.8) is 0 Å². The minimum absolute atomic E-state index is 0.125. The van der Waals surface area contributed by atoms with Crippen LogP contribution in [-0.2, 0) is 17.8 Å². The standard InChI is InChI=1S/C29H32N6O3S/c1-17-13-31-25-21(17)12-19(14-32-25)18-10-20-15-34(27(36)33-26-30-7-9-39-26)16-23(20)22(11-18)24-6-5-8-35(24)28(37)38-29(2,3)4/h7,9-14,17,24H,5-6,8,15-16H2,1-4H3,(H,30,33,36)/t17?,24-/m0/s1. The third-order valence-corrected chi connectivity index (χ3v) is 8.09. The van der Waals surface area contributed by atoms with Crippen molar-refractivity contribution in [1.29, 1.82) is 0 Å². The first-order valence-electron chi connectivity index (χ1n) is 13.3. The normalized spacial score (nSPS) is 19.8. The highest BCUT2D eigenvalue weighted by Crippen LogP contribution is 2.42. The number of nitrogens with one attached hydrogen (secondary N) is 1. The average molecular weight is 545 g/mol. The summed E-state index contributed by atoms with van der Waals surface area (Å²) in [6.45, 7) is 9.36. The van der Waals surface area contributed by atoms with E-state index in [1.807, 2.05) is 43.5 Å². The molecule has 1 unspecified atom stereocenters. The van der Waals surface area contributed by atoms with E-state index in [1.54, 1.807) is 11.1 Å². The van der Waals surface area contributed by atoms with Crippen molar-refractivity contribution in [1.82, 2.24) is 19.8 Å². The number of nitrogens with zero attached hydrogens (tertiary/aromatic N) is 5. The summed E-state index contributed by atoms with van der Waals surface area (Å²) in [5.74, 6) is 0.980. The van der Waals surface area contributed by atoms with Gasteiger partial charge in [-0.1, -0.05) is 6.92 Å². The second-order valence-electron chi connectivity index (χ2n) is 11.4. The Bertz CT molecular complexity index is 1460. The Kier molecular flexibility index (Phi) is 6.37. The summed E-state index contributed by atoms with van der Waals surface area (Å²) in [5, 5.41) is 5.31. The number of hydrogen-bond donors (Lipinski definition) is 1. The van der Waals surface area contributed by atoms with Gasteiger partial charge in [0.1, 0.15) is 5.60 Å². The fourth-order valence-electron chi connectivity index (χ4n) is 5.57. The minimum Gasteiger partial charge on any atom is -0.444 e. The lowest BCUT2D eigenvalue weighted by Crippen LogP contribution is -2.36. The summed E-state index contributed by atoms with van der Waals surface area (Å²) >= 11 is 1.39. The molecule has 39 heavy (non-hydrogen) atoms. The maximum atomic E-state index is 13.2. The van der Waals surface area contributed by atoms with Gasteiger partial charge in [-0.2, -0.15) is 0 Å². The lowest BCUT2D eigenvalue weighted by Gasteiger charge is -2.30. The van der Waals surface area contributed by atoms with Gasteiger partial charge in [-0.25, -0.2) is 24.5 Å². The predicted molar refractivity (Wildman–Crippen MR) is 152 cm³/mol. The quantitative estimate of drug-likeness (QED) is 0.398. The molecule has 3 aromatic rings. The Morgan fingerprint density at radius 2 is 1.92 bits per heavy atom. The number of carbonyl (C=O) groups excluding carboxylic acids is 2. The Hall–Kier alpha value is -3.79. The third kappa shape index (κ3) is 5.01. The van der Waals surface area contributed by atoms with E-state index in [0.29, 0.717) is 24.8 Å². The van der Waals surface area contributed by atoms with Crippen molar-refractivity contribution >= 4 is 40.6 Å². The molecule has 1 N–H and O–H groups in total. The zero-order valence-electron chi connectivity index (χ0n) is 22.6. The smallest absolute Gasteiger partial charge is 0.410 e. The highest BCUT2D eigenvalue weighted by atomic mass is 32.1. The first kappa shape index (κ1) is 25.5. The van der Waals surface area contributed by atoms with Gasteiger partial charge in [0, 0.05) is 60.7 Å². The molecule has 10 heteroatoms. The Morgan fingerprint density at radius 1 is 1.10 bits per heavy atom. The van der Waals surface area contributed by atoms with Crippen LogP contribution in [0.5, 0.6) is 0 Å². The van der Waals surface area contributed by atoms with Crippen molar-refractivity contribution < 1.29 is 14.3 Å². The van der Waals surface area contributed by atoms with E-state index in [9.17, 15) is 9.59 Å². The van der Waals surface area contributed by atoms with E-state index in [0.717, 1.165) is 52.0 Å². The highest BCUT2D eigenvalue weighted by Gasteiger charge is 2.37. The largest absolute Gasteiger partial charge is 0.444 e. The fourth-order valence-corrected chi connectivity index (χ4v) is 6.09. The molecule has 5 heterocycles. The molecule has 2 atom stereocenters. The number of fused-ring (bicyclic) bond motifs is 2. The summed E-state index contributed by atoms with van der Waals surface area (Å²) in [5.41, 5.74) is 5.81. The number of carbonyl (C=O) groups is 2. The number of pyridine rings is 1. The zero-order chi connectivity index (χ0) is 27.3. The number of rotatable bonds is 3. The fraction of sp³-hybridized carbons (Fsp3) is 0.414. The molecule has 0 radical (unpaired) electrons. The van der Waals surface area contributed by atoms with E-state index in [2.05, 4.69) is 45.4 Å². The van der Waals surface area contributed by atoms with Crippen LogP contribution in [0.4, 0.5) is 20.5 Å². The summed E-state index contributed by atoms with van der Waals surface area (Å²) in [4.78, 5) is 43.2. The number of hydrogen-bond acceptors (Lipinski definition) is 7. The Labute approximate surface area is 231 Å². The van der Waals surface area contributed by atoms with Crippen LogP contribution in [0.2, 0.25) is 0 Å². The summed E-state index contributed by atoms with van der Waals surface area (Å²) in [7, 11) is 0. The van der Waals surface area contributed by atoms with Crippen molar-refractivity contribution in [2.75, 3.05) is 11.9 Å². The molecule has 0 spiro atoms. The van der Waals surface area contributed by atoms with Crippen LogP contribution < -0.4 is 5.32 Å². The molecule has 1 saturated heterocycles. The number of likely N-dealkylation sites (tertiary alicyclic amines) is 1. The lowest BCUT2D eigenvalue weighted by atomic mass is 9.90. The lowest BCUT2D eigenvalue weighted by molar-refractivity contribution is 0.0223. The number of benzene rings is 1. The van der Waals surface area contributed by atoms with Gasteiger partial charge in [0.15, 0.2) is 10.9 Å². The van der Waals surface area contributed by atoms with Gasteiger partial charge in [0.2, 0.25) is 0 Å². The zero-order valence-corrected chi connectivity index (χ0v) is 23.4. The summed E-state index contributed by atoms with van der Waals surface area (Å²) < 4.78 is 5.77.